The zero-order valence-corrected chi connectivity index (χ0v) is 13.4. The quantitative estimate of drug-likeness (QED) is 0.576. The molecule has 112 valence electrons. The molecule has 0 atom stereocenters. The maximum absolute atomic E-state index is 12.9. The van der Waals surface area contributed by atoms with Crippen molar-refractivity contribution in [2.24, 2.45) is 0 Å². The third-order valence-corrected chi connectivity index (χ3v) is 4.27. The van der Waals surface area contributed by atoms with Gasteiger partial charge in [0.2, 0.25) is 0 Å². The number of halogens is 2. The van der Waals surface area contributed by atoms with E-state index in [0.717, 1.165) is 16.8 Å². The topological polar surface area (TPSA) is 36.7 Å². The molecule has 5 heteroatoms. The summed E-state index contributed by atoms with van der Waals surface area (Å²) in [5.74, 6) is -0.307. The first-order chi connectivity index (χ1) is 11.2. The second-order valence-corrected chi connectivity index (χ2v) is 6.06. The number of allylic oxidation sites excluding steroid dienone is 1. The first-order valence-electron chi connectivity index (χ1n) is 6.75. The summed E-state index contributed by atoms with van der Waals surface area (Å²) in [6, 6.07) is 15.5. The molecule has 23 heavy (non-hydrogen) atoms. The van der Waals surface area contributed by atoms with Crippen LogP contribution in [0.25, 0.3) is 22.9 Å². The van der Waals surface area contributed by atoms with Crippen LogP contribution in [0.1, 0.15) is 10.6 Å². The Morgan fingerprint density at radius 1 is 1.22 bits per heavy atom. The molecule has 2 aromatic carbocycles. The molecule has 3 rings (SSSR count). The van der Waals surface area contributed by atoms with Gasteiger partial charge in [0.15, 0.2) is 0 Å². The molecule has 0 bridgehead atoms. The predicted molar refractivity (Wildman–Crippen MR) is 92.4 cm³/mol. The van der Waals surface area contributed by atoms with Crippen molar-refractivity contribution in [2.45, 2.75) is 0 Å². The average molecular weight is 341 g/mol. The Kier molecular flexibility index (Phi) is 4.52. The smallest absolute Gasteiger partial charge is 0.134 e. The van der Waals surface area contributed by atoms with Crippen LogP contribution in [0.4, 0.5) is 4.39 Å². The minimum absolute atomic E-state index is 0.307. The van der Waals surface area contributed by atoms with Gasteiger partial charge in [-0.05, 0) is 35.9 Å². The van der Waals surface area contributed by atoms with E-state index in [9.17, 15) is 9.65 Å². The molecule has 0 aliphatic carbocycles. The summed E-state index contributed by atoms with van der Waals surface area (Å²) >= 11 is 7.38. The Balaban J connectivity index is 1.94. The van der Waals surface area contributed by atoms with E-state index in [4.69, 9.17) is 11.6 Å². The first-order valence-corrected chi connectivity index (χ1v) is 8.00. The molecule has 0 unspecified atom stereocenters. The molecule has 3 aromatic rings. The van der Waals surface area contributed by atoms with Gasteiger partial charge >= 0.3 is 0 Å². The van der Waals surface area contributed by atoms with Gasteiger partial charge in [-0.25, -0.2) is 9.37 Å². The molecule has 2 nitrogen and oxygen atoms in total. The van der Waals surface area contributed by atoms with Crippen LogP contribution in [0, 0.1) is 17.1 Å². The van der Waals surface area contributed by atoms with Crippen molar-refractivity contribution in [3.8, 4) is 17.3 Å². The van der Waals surface area contributed by atoms with E-state index < -0.39 is 0 Å². The zero-order valence-electron chi connectivity index (χ0n) is 11.8. The Bertz CT molecular complexity index is 907. The third-order valence-electron chi connectivity index (χ3n) is 3.16. The van der Waals surface area contributed by atoms with Crippen LogP contribution < -0.4 is 0 Å². The van der Waals surface area contributed by atoms with Crippen molar-refractivity contribution < 1.29 is 4.39 Å². The highest BCUT2D eigenvalue weighted by Gasteiger charge is 2.09. The summed E-state index contributed by atoms with van der Waals surface area (Å²) in [6.45, 7) is 0. The van der Waals surface area contributed by atoms with Crippen molar-refractivity contribution in [1.29, 1.82) is 5.26 Å². The minimum Gasteiger partial charge on any atom is -0.235 e. The molecule has 1 heterocycles. The lowest BCUT2D eigenvalue weighted by atomic mass is 10.1. The number of thiazole rings is 1. The second kappa shape index (κ2) is 6.74. The van der Waals surface area contributed by atoms with Crippen LogP contribution in [0.2, 0.25) is 5.02 Å². The Morgan fingerprint density at radius 3 is 2.70 bits per heavy atom. The Morgan fingerprint density at radius 2 is 2.00 bits per heavy atom. The monoisotopic (exact) mass is 340 g/mol. The van der Waals surface area contributed by atoms with Gasteiger partial charge in [0.1, 0.15) is 16.9 Å². The highest BCUT2D eigenvalue weighted by molar-refractivity contribution is 7.11. The van der Waals surface area contributed by atoms with Crippen LogP contribution in [0.5, 0.6) is 0 Å². The highest BCUT2D eigenvalue weighted by Crippen LogP contribution is 2.28. The van der Waals surface area contributed by atoms with E-state index in [2.05, 4.69) is 11.1 Å². The van der Waals surface area contributed by atoms with Crippen molar-refractivity contribution >= 4 is 34.6 Å². The van der Waals surface area contributed by atoms with Gasteiger partial charge in [0.05, 0.1) is 11.3 Å². The van der Waals surface area contributed by atoms with Gasteiger partial charge in [0, 0.05) is 16.0 Å². The first kappa shape index (κ1) is 15.4. The van der Waals surface area contributed by atoms with E-state index in [-0.39, 0.29) is 5.82 Å². The fourth-order valence-electron chi connectivity index (χ4n) is 2.05. The van der Waals surface area contributed by atoms with Gasteiger partial charge in [-0.2, -0.15) is 5.26 Å². The number of nitrogens with zero attached hydrogens (tertiary/aromatic N) is 2. The molecule has 0 radical (unpaired) electrons. The normalized spacial score (nSPS) is 11.3. The van der Waals surface area contributed by atoms with Crippen molar-refractivity contribution in [1.82, 2.24) is 4.98 Å². The highest BCUT2D eigenvalue weighted by atomic mass is 35.5. The fourth-order valence-corrected chi connectivity index (χ4v) is 3.03. The van der Waals surface area contributed by atoms with Gasteiger partial charge in [-0.3, -0.25) is 0 Å². The number of benzene rings is 2. The molecule has 0 N–H and O–H groups in total. The molecule has 0 saturated heterocycles. The number of aromatic nitrogens is 1. The second-order valence-electron chi connectivity index (χ2n) is 4.77. The van der Waals surface area contributed by atoms with Crippen LogP contribution in [-0.4, -0.2) is 4.98 Å². The van der Waals surface area contributed by atoms with E-state index in [1.807, 2.05) is 23.6 Å². The summed E-state index contributed by atoms with van der Waals surface area (Å²) in [5, 5.41) is 12.5. The molecule has 0 aliphatic heterocycles. The standard InChI is InChI=1S/C18H10ClFN2S/c19-15-3-1-2-13(9-15)17-11-23-18(22-17)14(10-21)8-12-4-6-16(20)7-5-12/h1-9,11H. The van der Waals surface area contributed by atoms with E-state index in [1.165, 1.54) is 23.5 Å². The molecule has 0 saturated carbocycles. The van der Waals surface area contributed by atoms with Gasteiger partial charge < -0.3 is 0 Å². The SMILES string of the molecule is N#CC(=Cc1ccc(F)cc1)c1nc(-c2cccc(Cl)c2)cs1. The molecule has 1 aromatic heterocycles. The summed E-state index contributed by atoms with van der Waals surface area (Å²) in [7, 11) is 0. The van der Waals surface area contributed by atoms with Crippen LogP contribution in [0.15, 0.2) is 53.9 Å². The average Bonchev–Trinajstić information content (AvgIpc) is 3.04. The van der Waals surface area contributed by atoms with E-state index in [1.54, 1.807) is 24.3 Å². The lowest BCUT2D eigenvalue weighted by Gasteiger charge is -1.97. The van der Waals surface area contributed by atoms with E-state index >= 15 is 0 Å². The molecular formula is C18H10ClFN2S. The number of nitriles is 1. The largest absolute Gasteiger partial charge is 0.235 e. The summed E-state index contributed by atoms with van der Waals surface area (Å²) < 4.78 is 12.9. The van der Waals surface area contributed by atoms with Gasteiger partial charge in [0.25, 0.3) is 0 Å². The molecule has 0 amide bonds. The number of rotatable bonds is 3. The Hall–Kier alpha value is -2.48. The van der Waals surface area contributed by atoms with Gasteiger partial charge in [-0.15, -0.1) is 11.3 Å². The Labute approximate surface area is 142 Å². The van der Waals surface area contributed by atoms with Crippen LogP contribution in [0.3, 0.4) is 0 Å². The van der Waals surface area contributed by atoms with E-state index in [0.29, 0.717) is 15.6 Å². The lowest BCUT2D eigenvalue weighted by Crippen LogP contribution is -1.83. The van der Waals surface area contributed by atoms with Crippen molar-refractivity contribution in [3.63, 3.8) is 0 Å². The van der Waals surface area contributed by atoms with Crippen molar-refractivity contribution in [3.05, 3.63) is 75.3 Å². The fraction of sp³-hybridized carbons (Fsp3) is 0. The molecular weight excluding hydrogens is 331 g/mol. The summed E-state index contributed by atoms with van der Waals surface area (Å²) in [5.41, 5.74) is 2.86. The van der Waals surface area contributed by atoms with Crippen molar-refractivity contribution in [2.75, 3.05) is 0 Å². The molecule has 0 fully saturated rings. The summed E-state index contributed by atoms with van der Waals surface area (Å²) in [6.07, 6.45) is 1.69. The maximum Gasteiger partial charge on any atom is 0.134 e. The maximum atomic E-state index is 12.9. The zero-order chi connectivity index (χ0) is 16.2. The lowest BCUT2D eigenvalue weighted by molar-refractivity contribution is 0.628. The molecule has 0 aliphatic rings. The predicted octanol–water partition coefficient (Wildman–Crippen LogP) is 5.67. The van der Waals surface area contributed by atoms with Crippen LogP contribution in [-0.2, 0) is 0 Å². The van der Waals surface area contributed by atoms with Gasteiger partial charge in [-0.1, -0.05) is 35.9 Å². The summed E-state index contributed by atoms with van der Waals surface area (Å²) in [4.78, 5) is 4.50. The number of hydrogen-bond donors (Lipinski definition) is 0. The number of hydrogen-bond acceptors (Lipinski definition) is 3. The minimum atomic E-state index is -0.307. The van der Waals surface area contributed by atoms with Crippen LogP contribution >= 0.6 is 22.9 Å². The molecule has 0 spiro atoms. The third kappa shape index (κ3) is 3.65.